The van der Waals surface area contributed by atoms with E-state index in [-0.39, 0.29) is 5.41 Å². The van der Waals surface area contributed by atoms with Crippen molar-refractivity contribution in [2.45, 2.75) is 26.2 Å². The van der Waals surface area contributed by atoms with E-state index in [9.17, 15) is 0 Å². The first kappa shape index (κ1) is 17.6. The number of halogens is 1. The minimum Gasteiger partial charge on any atom is -0.250 e. The number of nitrogens with zero attached hydrogens (tertiary/aromatic N) is 3. The van der Waals surface area contributed by atoms with Gasteiger partial charge in [0.2, 0.25) is 4.77 Å². The van der Waals surface area contributed by atoms with Gasteiger partial charge in [-0.2, -0.15) is 14.9 Å². The second-order valence-electron chi connectivity index (χ2n) is 6.79. The highest BCUT2D eigenvalue weighted by Crippen LogP contribution is 2.23. The minimum atomic E-state index is 0.127. The molecule has 128 valence electrons. The third-order valence-electron chi connectivity index (χ3n) is 3.83. The Bertz CT molecular complexity index is 962. The summed E-state index contributed by atoms with van der Waals surface area (Å²) in [5.41, 5.74) is 3.25. The summed E-state index contributed by atoms with van der Waals surface area (Å²) in [6.45, 7) is 6.58. The van der Waals surface area contributed by atoms with Crippen molar-refractivity contribution in [3.63, 3.8) is 0 Å². The second kappa shape index (κ2) is 6.94. The fraction of sp³-hybridized carbons (Fsp3) is 0.211. The molecule has 0 atom stereocenters. The van der Waals surface area contributed by atoms with E-state index in [0.29, 0.717) is 15.6 Å². The molecule has 0 aliphatic heterocycles. The molecular weight excluding hydrogens is 352 g/mol. The van der Waals surface area contributed by atoms with Gasteiger partial charge in [-0.15, -0.1) is 0 Å². The zero-order valence-corrected chi connectivity index (χ0v) is 15.9. The van der Waals surface area contributed by atoms with Crippen molar-refractivity contribution in [3.05, 3.63) is 69.5 Å². The lowest BCUT2D eigenvalue weighted by molar-refractivity contribution is 0.590. The van der Waals surface area contributed by atoms with Gasteiger partial charge in [0.05, 0.1) is 6.21 Å². The quantitative estimate of drug-likeness (QED) is 0.492. The van der Waals surface area contributed by atoms with Crippen molar-refractivity contribution in [2.24, 2.45) is 5.10 Å². The number of aromatic nitrogens is 3. The Morgan fingerprint density at radius 1 is 1.16 bits per heavy atom. The number of rotatable bonds is 3. The van der Waals surface area contributed by atoms with Crippen LogP contribution < -0.4 is 0 Å². The summed E-state index contributed by atoms with van der Waals surface area (Å²) in [6, 6.07) is 15.8. The molecule has 0 saturated heterocycles. The summed E-state index contributed by atoms with van der Waals surface area (Å²) in [4.78, 5) is 0. The van der Waals surface area contributed by atoms with Gasteiger partial charge < -0.3 is 0 Å². The van der Waals surface area contributed by atoms with Crippen LogP contribution in [0.25, 0.3) is 11.4 Å². The van der Waals surface area contributed by atoms with Gasteiger partial charge in [-0.3, -0.25) is 0 Å². The fourth-order valence-corrected chi connectivity index (χ4v) is 2.78. The van der Waals surface area contributed by atoms with E-state index in [0.717, 1.165) is 11.1 Å². The summed E-state index contributed by atoms with van der Waals surface area (Å²) in [7, 11) is 0. The van der Waals surface area contributed by atoms with Gasteiger partial charge in [-0.25, -0.2) is 5.10 Å². The van der Waals surface area contributed by atoms with Gasteiger partial charge in [0.1, 0.15) is 0 Å². The molecule has 0 saturated carbocycles. The number of hydrogen-bond acceptors (Lipinski definition) is 3. The van der Waals surface area contributed by atoms with Crippen molar-refractivity contribution >= 4 is 30.0 Å². The summed E-state index contributed by atoms with van der Waals surface area (Å²) < 4.78 is 2.02. The monoisotopic (exact) mass is 370 g/mol. The number of aromatic amines is 1. The van der Waals surface area contributed by atoms with Crippen molar-refractivity contribution in [1.82, 2.24) is 14.9 Å². The Kier molecular flexibility index (Phi) is 4.88. The van der Waals surface area contributed by atoms with Crippen LogP contribution in [-0.4, -0.2) is 21.1 Å². The molecule has 0 bridgehead atoms. The summed E-state index contributed by atoms with van der Waals surface area (Å²) >= 11 is 11.4. The summed E-state index contributed by atoms with van der Waals surface area (Å²) in [6.07, 6.45) is 1.77. The first-order chi connectivity index (χ1) is 11.8. The standard InChI is InChI=1S/C19H19ClN4S/c1-19(2,3)15-9-7-13(8-10-15)12-21-24-17(22-23-18(24)25)14-5-4-6-16(20)11-14/h4-12H,1-3H3,(H,23,25)/b21-12-. The largest absolute Gasteiger partial charge is 0.250 e. The zero-order chi connectivity index (χ0) is 18.0. The van der Waals surface area contributed by atoms with Crippen LogP contribution in [0, 0.1) is 4.77 Å². The molecule has 2 aromatic carbocycles. The summed E-state index contributed by atoms with van der Waals surface area (Å²) in [5, 5.41) is 12.2. The Morgan fingerprint density at radius 2 is 1.88 bits per heavy atom. The third kappa shape index (κ3) is 4.06. The average Bonchev–Trinajstić information content (AvgIpc) is 2.93. The molecule has 4 nitrogen and oxygen atoms in total. The molecule has 0 amide bonds. The van der Waals surface area contributed by atoms with Crippen LogP contribution in [0.1, 0.15) is 31.9 Å². The van der Waals surface area contributed by atoms with Gasteiger partial charge >= 0.3 is 0 Å². The molecule has 0 spiro atoms. The predicted octanol–water partition coefficient (Wildman–Crippen LogP) is 5.44. The maximum atomic E-state index is 6.07. The first-order valence-corrected chi connectivity index (χ1v) is 8.71. The number of benzene rings is 2. The molecule has 0 fully saturated rings. The highest BCUT2D eigenvalue weighted by molar-refractivity contribution is 7.71. The predicted molar refractivity (Wildman–Crippen MR) is 106 cm³/mol. The molecule has 1 heterocycles. The molecule has 0 aliphatic carbocycles. The third-order valence-corrected chi connectivity index (χ3v) is 4.33. The average molecular weight is 371 g/mol. The molecule has 0 radical (unpaired) electrons. The van der Waals surface area contributed by atoms with Crippen LogP contribution in [0.15, 0.2) is 53.6 Å². The van der Waals surface area contributed by atoms with E-state index in [2.05, 4.69) is 48.2 Å². The van der Waals surface area contributed by atoms with E-state index in [1.54, 1.807) is 10.9 Å². The van der Waals surface area contributed by atoms with Crippen LogP contribution in [-0.2, 0) is 5.41 Å². The first-order valence-electron chi connectivity index (χ1n) is 7.93. The van der Waals surface area contributed by atoms with Crippen molar-refractivity contribution < 1.29 is 0 Å². The van der Waals surface area contributed by atoms with Crippen LogP contribution in [0.3, 0.4) is 0 Å². The molecule has 25 heavy (non-hydrogen) atoms. The molecular formula is C19H19ClN4S. The van der Waals surface area contributed by atoms with E-state index >= 15 is 0 Å². The molecule has 1 aromatic heterocycles. The number of nitrogens with one attached hydrogen (secondary N) is 1. The highest BCUT2D eigenvalue weighted by Gasteiger charge is 2.12. The molecule has 1 N–H and O–H groups in total. The van der Waals surface area contributed by atoms with Gasteiger partial charge in [0.25, 0.3) is 0 Å². The fourth-order valence-electron chi connectivity index (χ4n) is 2.41. The van der Waals surface area contributed by atoms with E-state index in [1.807, 2.05) is 36.4 Å². The zero-order valence-electron chi connectivity index (χ0n) is 14.3. The highest BCUT2D eigenvalue weighted by atomic mass is 35.5. The number of H-pyrrole nitrogens is 1. The second-order valence-corrected chi connectivity index (χ2v) is 7.61. The Morgan fingerprint density at radius 3 is 2.52 bits per heavy atom. The lowest BCUT2D eigenvalue weighted by atomic mass is 9.87. The lowest BCUT2D eigenvalue weighted by Crippen LogP contribution is -2.10. The van der Waals surface area contributed by atoms with Gasteiger partial charge in [0, 0.05) is 10.6 Å². The van der Waals surface area contributed by atoms with Crippen LogP contribution in [0.5, 0.6) is 0 Å². The molecule has 6 heteroatoms. The Balaban J connectivity index is 1.92. The molecule has 0 unspecified atom stereocenters. The maximum absolute atomic E-state index is 6.07. The molecule has 3 rings (SSSR count). The normalized spacial score (nSPS) is 12.0. The molecule has 0 aliphatic rings. The van der Waals surface area contributed by atoms with Crippen molar-refractivity contribution in [3.8, 4) is 11.4 Å². The maximum Gasteiger partial charge on any atom is 0.216 e. The Hall–Kier alpha value is -2.24. The van der Waals surface area contributed by atoms with Crippen LogP contribution >= 0.6 is 23.8 Å². The van der Waals surface area contributed by atoms with Crippen molar-refractivity contribution in [2.75, 3.05) is 0 Å². The van der Waals surface area contributed by atoms with Gasteiger partial charge in [0.15, 0.2) is 5.82 Å². The number of hydrogen-bond donors (Lipinski definition) is 1. The lowest BCUT2D eigenvalue weighted by Gasteiger charge is -2.18. The van der Waals surface area contributed by atoms with Crippen LogP contribution in [0.4, 0.5) is 0 Å². The smallest absolute Gasteiger partial charge is 0.216 e. The summed E-state index contributed by atoms with van der Waals surface area (Å²) in [5.74, 6) is 0.620. The molecule has 3 aromatic rings. The Labute approximate surface area is 157 Å². The van der Waals surface area contributed by atoms with E-state index in [1.165, 1.54) is 5.56 Å². The topological polar surface area (TPSA) is 46.0 Å². The van der Waals surface area contributed by atoms with E-state index in [4.69, 9.17) is 23.8 Å². The minimum absolute atomic E-state index is 0.127. The van der Waals surface area contributed by atoms with Gasteiger partial charge in [-0.05, 0) is 40.9 Å². The van der Waals surface area contributed by atoms with Gasteiger partial charge in [-0.1, -0.05) is 68.8 Å². The van der Waals surface area contributed by atoms with Crippen LogP contribution in [0.2, 0.25) is 5.02 Å². The van der Waals surface area contributed by atoms with E-state index < -0.39 is 0 Å². The van der Waals surface area contributed by atoms with Crippen molar-refractivity contribution in [1.29, 1.82) is 0 Å². The SMILES string of the molecule is CC(C)(C)c1ccc(/C=N\n2c(-c3cccc(Cl)c3)n[nH]c2=S)cc1.